The lowest BCUT2D eigenvalue weighted by molar-refractivity contribution is -0.148. The van der Waals surface area contributed by atoms with Crippen molar-refractivity contribution in [3.63, 3.8) is 0 Å². The van der Waals surface area contributed by atoms with Gasteiger partial charge < -0.3 is 15.4 Å². The molecule has 1 heterocycles. The van der Waals surface area contributed by atoms with E-state index in [0.29, 0.717) is 19.1 Å². The molecule has 1 aliphatic carbocycles. The van der Waals surface area contributed by atoms with E-state index in [1.807, 2.05) is 4.90 Å². The van der Waals surface area contributed by atoms with Crippen LogP contribution in [0.3, 0.4) is 0 Å². The summed E-state index contributed by atoms with van der Waals surface area (Å²) in [6, 6.07) is 0.100. The molecular formula is C12H22N2O2. The first-order valence-electron chi connectivity index (χ1n) is 6.38. The van der Waals surface area contributed by atoms with E-state index in [4.69, 9.17) is 10.5 Å². The van der Waals surface area contributed by atoms with Crippen molar-refractivity contribution in [2.45, 2.75) is 38.1 Å². The zero-order valence-corrected chi connectivity index (χ0v) is 9.86. The van der Waals surface area contributed by atoms with Gasteiger partial charge in [-0.25, -0.2) is 0 Å². The number of hydrogen-bond donors (Lipinski definition) is 1. The van der Waals surface area contributed by atoms with Crippen molar-refractivity contribution >= 4 is 5.91 Å². The predicted molar refractivity (Wildman–Crippen MR) is 61.9 cm³/mol. The third-order valence-corrected chi connectivity index (χ3v) is 3.75. The summed E-state index contributed by atoms with van der Waals surface area (Å²) in [4.78, 5) is 13.7. The lowest BCUT2D eigenvalue weighted by atomic mass is 9.88. The highest BCUT2D eigenvalue weighted by Crippen LogP contribution is 2.25. The van der Waals surface area contributed by atoms with Gasteiger partial charge in [-0.15, -0.1) is 0 Å². The van der Waals surface area contributed by atoms with E-state index in [2.05, 4.69) is 0 Å². The van der Waals surface area contributed by atoms with Crippen molar-refractivity contribution in [1.82, 2.24) is 4.90 Å². The molecule has 1 atom stereocenters. The number of nitrogens with zero attached hydrogens (tertiary/aromatic N) is 1. The van der Waals surface area contributed by atoms with Gasteiger partial charge in [-0.05, 0) is 18.8 Å². The normalized spacial score (nSPS) is 28.4. The topological polar surface area (TPSA) is 55.6 Å². The summed E-state index contributed by atoms with van der Waals surface area (Å²) in [6.07, 6.45) is 6.52. The van der Waals surface area contributed by atoms with Crippen LogP contribution in [-0.2, 0) is 9.53 Å². The predicted octanol–water partition coefficient (Wildman–Crippen LogP) is 0.753. The summed E-state index contributed by atoms with van der Waals surface area (Å²) in [7, 11) is 0. The van der Waals surface area contributed by atoms with Crippen molar-refractivity contribution in [2.75, 3.05) is 26.3 Å². The average molecular weight is 226 g/mol. The third-order valence-electron chi connectivity index (χ3n) is 3.75. The highest BCUT2D eigenvalue weighted by molar-refractivity contribution is 5.78. The van der Waals surface area contributed by atoms with E-state index in [1.54, 1.807) is 0 Å². The van der Waals surface area contributed by atoms with Gasteiger partial charge in [-0.3, -0.25) is 4.79 Å². The molecule has 4 nitrogen and oxygen atoms in total. The minimum Gasteiger partial charge on any atom is -0.369 e. The fraction of sp³-hybridized carbons (Fsp3) is 0.917. The van der Waals surface area contributed by atoms with Crippen LogP contribution < -0.4 is 5.73 Å². The first-order valence-corrected chi connectivity index (χ1v) is 6.38. The molecule has 1 amide bonds. The molecule has 0 radical (unpaired) electrons. The summed E-state index contributed by atoms with van der Waals surface area (Å²) >= 11 is 0. The molecule has 1 saturated heterocycles. The number of hydrogen-bond acceptors (Lipinski definition) is 3. The van der Waals surface area contributed by atoms with Crippen LogP contribution in [0.25, 0.3) is 0 Å². The second-order valence-corrected chi connectivity index (χ2v) is 4.95. The first kappa shape index (κ1) is 11.9. The van der Waals surface area contributed by atoms with Gasteiger partial charge >= 0.3 is 0 Å². The summed E-state index contributed by atoms with van der Waals surface area (Å²) < 4.78 is 5.23. The highest BCUT2D eigenvalue weighted by atomic mass is 16.5. The van der Waals surface area contributed by atoms with Gasteiger partial charge in [0.05, 0.1) is 12.6 Å². The standard InChI is InChI=1S/C12H22N2O2/c13-6-11-8-16-9-12(15)14(11)7-10-4-2-1-3-5-10/h10-11H,1-9,13H2. The number of ether oxygens (including phenoxy) is 1. The Labute approximate surface area is 97.1 Å². The molecule has 0 aromatic heterocycles. The Morgan fingerprint density at radius 3 is 2.75 bits per heavy atom. The molecule has 1 unspecified atom stereocenters. The lowest BCUT2D eigenvalue weighted by Crippen LogP contribution is -2.54. The maximum absolute atomic E-state index is 11.8. The molecule has 0 aromatic carbocycles. The zero-order valence-electron chi connectivity index (χ0n) is 9.86. The maximum atomic E-state index is 11.8. The minimum absolute atomic E-state index is 0.100. The quantitative estimate of drug-likeness (QED) is 0.772. The Morgan fingerprint density at radius 1 is 1.31 bits per heavy atom. The van der Waals surface area contributed by atoms with Gasteiger partial charge in [0.2, 0.25) is 5.91 Å². The van der Waals surface area contributed by atoms with Gasteiger partial charge in [-0.1, -0.05) is 19.3 Å². The fourth-order valence-corrected chi connectivity index (χ4v) is 2.75. The van der Waals surface area contributed by atoms with Crippen LogP contribution in [-0.4, -0.2) is 43.2 Å². The lowest BCUT2D eigenvalue weighted by Gasteiger charge is -2.38. The molecule has 1 aliphatic heterocycles. The summed E-state index contributed by atoms with van der Waals surface area (Å²) in [5, 5.41) is 0. The van der Waals surface area contributed by atoms with Crippen LogP contribution in [0.4, 0.5) is 0 Å². The van der Waals surface area contributed by atoms with E-state index in [0.717, 1.165) is 6.54 Å². The molecule has 92 valence electrons. The molecule has 16 heavy (non-hydrogen) atoms. The maximum Gasteiger partial charge on any atom is 0.248 e. The van der Waals surface area contributed by atoms with Crippen LogP contribution in [0, 0.1) is 5.92 Å². The van der Waals surface area contributed by atoms with Crippen molar-refractivity contribution in [3.8, 4) is 0 Å². The van der Waals surface area contributed by atoms with Crippen LogP contribution >= 0.6 is 0 Å². The zero-order chi connectivity index (χ0) is 11.4. The van der Waals surface area contributed by atoms with Crippen LogP contribution in [0.15, 0.2) is 0 Å². The Balaban J connectivity index is 1.91. The van der Waals surface area contributed by atoms with Crippen LogP contribution in [0.5, 0.6) is 0 Å². The van der Waals surface area contributed by atoms with Gasteiger partial charge in [0, 0.05) is 13.1 Å². The Hall–Kier alpha value is -0.610. The number of nitrogens with two attached hydrogens (primary N) is 1. The smallest absolute Gasteiger partial charge is 0.248 e. The molecule has 2 fully saturated rings. The SMILES string of the molecule is NCC1COCC(=O)N1CC1CCCCC1. The first-order chi connectivity index (χ1) is 7.81. The summed E-state index contributed by atoms with van der Waals surface area (Å²) in [5.41, 5.74) is 5.69. The molecule has 2 aliphatic rings. The molecule has 0 aromatic rings. The molecule has 2 rings (SSSR count). The van der Waals surface area contributed by atoms with E-state index in [-0.39, 0.29) is 18.6 Å². The monoisotopic (exact) mass is 226 g/mol. The second-order valence-electron chi connectivity index (χ2n) is 4.95. The van der Waals surface area contributed by atoms with Gasteiger partial charge in [0.1, 0.15) is 6.61 Å². The molecule has 1 saturated carbocycles. The van der Waals surface area contributed by atoms with Crippen molar-refractivity contribution in [3.05, 3.63) is 0 Å². The number of carbonyl (C=O) groups excluding carboxylic acids is 1. The molecule has 0 spiro atoms. The van der Waals surface area contributed by atoms with E-state index in [1.165, 1.54) is 32.1 Å². The van der Waals surface area contributed by atoms with E-state index < -0.39 is 0 Å². The molecule has 4 heteroatoms. The Morgan fingerprint density at radius 2 is 2.06 bits per heavy atom. The fourth-order valence-electron chi connectivity index (χ4n) is 2.75. The molecule has 2 N–H and O–H groups in total. The van der Waals surface area contributed by atoms with E-state index in [9.17, 15) is 4.79 Å². The molecule has 0 bridgehead atoms. The van der Waals surface area contributed by atoms with Gasteiger partial charge in [-0.2, -0.15) is 0 Å². The number of rotatable bonds is 3. The van der Waals surface area contributed by atoms with Crippen molar-refractivity contribution in [1.29, 1.82) is 0 Å². The van der Waals surface area contributed by atoms with Crippen LogP contribution in [0.1, 0.15) is 32.1 Å². The molecular weight excluding hydrogens is 204 g/mol. The number of amides is 1. The summed E-state index contributed by atoms with van der Waals surface area (Å²) in [6.45, 7) is 2.25. The summed E-state index contributed by atoms with van der Waals surface area (Å²) in [5.74, 6) is 0.803. The van der Waals surface area contributed by atoms with Crippen molar-refractivity contribution in [2.24, 2.45) is 11.7 Å². The van der Waals surface area contributed by atoms with E-state index >= 15 is 0 Å². The largest absolute Gasteiger partial charge is 0.369 e. The number of morpholine rings is 1. The Bertz CT molecular complexity index is 239. The van der Waals surface area contributed by atoms with Crippen molar-refractivity contribution < 1.29 is 9.53 Å². The third kappa shape index (κ3) is 2.74. The number of carbonyl (C=O) groups is 1. The average Bonchev–Trinajstić information content (AvgIpc) is 2.33. The van der Waals surface area contributed by atoms with Gasteiger partial charge in [0.15, 0.2) is 0 Å². The van der Waals surface area contributed by atoms with Gasteiger partial charge in [0.25, 0.3) is 0 Å². The Kier molecular flexibility index (Phi) is 4.18. The van der Waals surface area contributed by atoms with Crippen LogP contribution in [0.2, 0.25) is 0 Å². The highest BCUT2D eigenvalue weighted by Gasteiger charge is 2.29. The second kappa shape index (κ2) is 5.64. The minimum atomic E-state index is 0.100.